The molecule has 0 aromatic heterocycles. The van der Waals surface area contributed by atoms with Crippen molar-refractivity contribution in [2.75, 3.05) is 34.3 Å². The number of rotatable bonds is 10. The molecule has 0 aromatic rings. The Kier molecular flexibility index (Phi) is 14.6. The number of amides is 2. The molecule has 3 fully saturated rings. The molecule has 3 aliphatic rings. The Hall–Kier alpha value is -2.65. The normalized spacial score (nSPS) is 40.0. The van der Waals surface area contributed by atoms with Crippen molar-refractivity contribution in [1.82, 2.24) is 15.1 Å². The van der Waals surface area contributed by atoms with Gasteiger partial charge in [-0.25, -0.2) is 4.79 Å². The number of fused-ring (bicyclic) bond motifs is 1. The van der Waals surface area contributed by atoms with E-state index in [9.17, 15) is 29.1 Å². The third-order valence-electron chi connectivity index (χ3n) is 11.4. The van der Waals surface area contributed by atoms with Crippen molar-refractivity contribution in [3.8, 4) is 0 Å². The SMILES string of the molecule is CC[C@H]1OC(=O)[C@H](C)C(=O)[C@H](C)[C@@H](O[C@@H]2O[C@H](C)C[C@H](N(C)C)[C@H]2O)[C@](C)(OC)C[C@@H](C)C(=O)[C@H](C)[C@H]2N(CCCCNC(C)=O)C(=O)O[C@]12C. The molecule has 51 heavy (non-hydrogen) atoms. The average Bonchev–Trinajstić information content (AvgIpc) is 3.33. The van der Waals surface area contributed by atoms with Crippen LogP contribution >= 0.6 is 0 Å². The fourth-order valence-corrected chi connectivity index (χ4v) is 8.38. The molecule has 0 spiro atoms. The van der Waals surface area contributed by atoms with E-state index in [1.165, 1.54) is 25.9 Å². The summed E-state index contributed by atoms with van der Waals surface area (Å²) >= 11 is 0. The first kappa shape index (κ1) is 42.8. The Morgan fingerprint density at radius 3 is 2.25 bits per heavy atom. The van der Waals surface area contributed by atoms with Crippen LogP contribution < -0.4 is 5.32 Å². The minimum atomic E-state index is -1.41. The fraction of sp³-hybridized carbons (Fsp3) is 0.865. The van der Waals surface area contributed by atoms with Crippen LogP contribution in [0.25, 0.3) is 0 Å². The van der Waals surface area contributed by atoms with Gasteiger partial charge in [0.25, 0.3) is 0 Å². The van der Waals surface area contributed by atoms with Crippen LogP contribution in [-0.2, 0) is 42.9 Å². The Morgan fingerprint density at radius 2 is 1.69 bits per heavy atom. The van der Waals surface area contributed by atoms with E-state index in [0.29, 0.717) is 25.8 Å². The molecule has 14 nitrogen and oxygen atoms in total. The summed E-state index contributed by atoms with van der Waals surface area (Å²) in [5.41, 5.74) is -2.67. The van der Waals surface area contributed by atoms with Gasteiger partial charge in [0.1, 0.15) is 23.9 Å². The van der Waals surface area contributed by atoms with Gasteiger partial charge in [0.2, 0.25) is 5.91 Å². The van der Waals surface area contributed by atoms with E-state index in [0.717, 1.165) is 0 Å². The lowest BCUT2D eigenvalue weighted by atomic mass is 9.73. The van der Waals surface area contributed by atoms with Crippen LogP contribution in [0.3, 0.4) is 0 Å². The second kappa shape index (κ2) is 17.5. The molecule has 0 bridgehead atoms. The number of nitrogens with one attached hydrogen (secondary N) is 1. The summed E-state index contributed by atoms with van der Waals surface area (Å²) in [5, 5.41) is 14.1. The summed E-state index contributed by atoms with van der Waals surface area (Å²) in [5.74, 6) is -5.17. The van der Waals surface area contributed by atoms with Crippen LogP contribution in [0.5, 0.6) is 0 Å². The first-order valence-corrected chi connectivity index (χ1v) is 18.5. The number of hydrogen-bond donors (Lipinski definition) is 2. The molecule has 3 heterocycles. The van der Waals surface area contributed by atoms with Gasteiger partial charge in [-0.2, -0.15) is 0 Å². The third kappa shape index (κ3) is 9.30. The lowest BCUT2D eigenvalue weighted by Crippen LogP contribution is -2.60. The minimum Gasteiger partial charge on any atom is -0.458 e. The number of hydrogen-bond acceptors (Lipinski definition) is 12. The number of ketones is 2. The Morgan fingerprint density at radius 1 is 1.04 bits per heavy atom. The van der Waals surface area contributed by atoms with Crippen LogP contribution in [0.1, 0.15) is 94.4 Å². The fourth-order valence-electron chi connectivity index (χ4n) is 8.38. The number of aliphatic hydroxyl groups excluding tert-OH is 1. The number of Topliss-reactive ketones (excluding diaryl/α,β-unsaturated/α-hetero) is 2. The molecule has 2 amide bonds. The zero-order valence-corrected chi connectivity index (χ0v) is 32.7. The summed E-state index contributed by atoms with van der Waals surface area (Å²) in [7, 11) is 5.21. The highest BCUT2D eigenvalue weighted by Gasteiger charge is 2.60. The number of likely N-dealkylation sites (N-methyl/N-ethyl adjacent to an activating group) is 1. The number of unbranched alkanes of at least 4 members (excludes halogenated alkanes) is 1. The maximum absolute atomic E-state index is 14.5. The molecule has 3 saturated heterocycles. The summed E-state index contributed by atoms with van der Waals surface area (Å²) < 4.78 is 30.9. The van der Waals surface area contributed by atoms with Crippen LogP contribution in [0, 0.1) is 23.7 Å². The second-order valence-corrected chi connectivity index (χ2v) is 15.6. The van der Waals surface area contributed by atoms with Gasteiger partial charge in [0.15, 0.2) is 17.7 Å². The number of carbonyl (C=O) groups excluding carboxylic acids is 5. The number of esters is 1. The van der Waals surface area contributed by atoms with E-state index >= 15 is 0 Å². The van der Waals surface area contributed by atoms with Crippen molar-refractivity contribution in [1.29, 1.82) is 0 Å². The van der Waals surface area contributed by atoms with Crippen molar-refractivity contribution in [3.05, 3.63) is 0 Å². The van der Waals surface area contributed by atoms with Crippen LogP contribution in [0.2, 0.25) is 0 Å². The predicted octanol–water partition coefficient (Wildman–Crippen LogP) is 3.11. The highest BCUT2D eigenvalue weighted by atomic mass is 16.7. The molecule has 0 aliphatic carbocycles. The van der Waals surface area contributed by atoms with Gasteiger partial charge in [-0.1, -0.05) is 27.7 Å². The first-order valence-electron chi connectivity index (χ1n) is 18.5. The minimum absolute atomic E-state index is 0.120. The monoisotopic (exact) mass is 725 g/mol. The predicted molar refractivity (Wildman–Crippen MR) is 187 cm³/mol. The molecule has 3 rings (SSSR count). The number of aliphatic hydroxyl groups is 1. The zero-order chi connectivity index (χ0) is 38.6. The summed E-state index contributed by atoms with van der Waals surface area (Å²) in [6.07, 6.45) is -3.00. The smallest absolute Gasteiger partial charge is 0.410 e. The van der Waals surface area contributed by atoms with Gasteiger partial charge in [-0.15, -0.1) is 0 Å². The van der Waals surface area contributed by atoms with Crippen LogP contribution in [0.4, 0.5) is 4.79 Å². The maximum Gasteiger partial charge on any atom is 0.410 e. The quantitative estimate of drug-likeness (QED) is 0.192. The van der Waals surface area contributed by atoms with E-state index in [4.69, 9.17) is 23.7 Å². The first-order chi connectivity index (χ1) is 23.7. The molecule has 2 N–H and O–H groups in total. The summed E-state index contributed by atoms with van der Waals surface area (Å²) in [4.78, 5) is 70.8. The molecule has 0 radical (unpaired) electrons. The van der Waals surface area contributed by atoms with Gasteiger partial charge in [-0.3, -0.25) is 19.2 Å². The van der Waals surface area contributed by atoms with E-state index < -0.39 is 83.4 Å². The second-order valence-electron chi connectivity index (χ2n) is 15.6. The van der Waals surface area contributed by atoms with Crippen molar-refractivity contribution in [2.24, 2.45) is 23.7 Å². The molecular formula is C37H63N3O11. The van der Waals surface area contributed by atoms with Crippen molar-refractivity contribution < 1.29 is 52.8 Å². The van der Waals surface area contributed by atoms with Crippen LogP contribution in [0.15, 0.2) is 0 Å². The van der Waals surface area contributed by atoms with Gasteiger partial charge in [0.05, 0.1) is 23.9 Å². The molecule has 3 aliphatic heterocycles. The molecule has 13 atom stereocenters. The summed E-state index contributed by atoms with van der Waals surface area (Å²) in [6.45, 7) is 15.9. The van der Waals surface area contributed by atoms with E-state index in [1.54, 1.807) is 41.5 Å². The van der Waals surface area contributed by atoms with Gasteiger partial charge in [0, 0.05) is 50.9 Å². The largest absolute Gasteiger partial charge is 0.458 e. The van der Waals surface area contributed by atoms with Crippen LogP contribution in [-0.4, -0.2) is 133 Å². The number of ether oxygens (including phenoxy) is 5. The van der Waals surface area contributed by atoms with Gasteiger partial charge < -0.3 is 43.9 Å². The molecule has 0 unspecified atom stereocenters. The molecule has 0 saturated carbocycles. The maximum atomic E-state index is 14.5. The van der Waals surface area contributed by atoms with Crippen molar-refractivity contribution in [2.45, 2.75) is 148 Å². The standard InChI is InChI=1S/C37H63N3O11/c1-13-27-37(9)31(40(35(46)51-37)17-15-14-16-38-25(7)41)22(4)28(42)20(2)19-36(8,47-12)32(23(5)29(43)24(6)33(45)49-27)50-34-30(44)26(39(10)11)18-21(3)48-34/h20-24,26-27,30-32,34,44H,13-19H2,1-12H3,(H,38,41)/t20-,21-,22+,23+,24-,26+,27-,30-,31-,32-,34+,36-,37-/m1/s1. The third-order valence-corrected chi connectivity index (χ3v) is 11.4. The number of cyclic esters (lactones) is 1. The Bertz CT molecular complexity index is 1260. The van der Waals surface area contributed by atoms with E-state index in [2.05, 4.69) is 5.32 Å². The molecular weight excluding hydrogens is 662 g/mol. The van der Waals surface area contributed by atoms with E-state index in [1.807, 2.05) is 25.9 Å². The van der Waals surface area contributed by atoms with E-state index in [-0.39, 0.29) is 43.2 Å². The number of methoxy groups -OCH3 is 1. The van der Waals surface area contributed by atoms with Gasteiger partial charge in [-0.05, 0) is 73.9 Å². The number of carbonyl (C=O) groups is 5. The zero-order valence-electron chi connectivity index (χ0n) is 32.7. The van der Waals surface area contributed by atoms with Crippen molar-refractivity contribution in [3.63, 3.8) is 0 Å². The molecule has 292 valence electrons. The lowest BCUT2D eigenvalue weighted by molar-refractivity contribution is -0.295. The molecule has 0 aromatic carbocycles. The van der Waals surface area contributed by atoms with Gasteiger partial charge >= 0.3 is 12.1 Å². The Balaban J connectivity index is 2.08. The lowest BCUT2D eigenvalue weighted by Gasteiger charge is -2.47. The highest BCUT2D eigenvalue weighted by Crippen LogP contribution is 2.43. The highest BCUT2D eigenvalue weighted by molar-refractivity contribution is 6.00. The number of nitrogens with zero attached hydrogens (tertiary/aromatic N) is 2. The Labute approximate surface area is 303 Å². The average molecular weight is 726 g/mol. The topological polar surface area (TPSA) is 170 Å². The summed E-state index contributed by atoms with van der Waals surface area (Å²) in [6, 6.07) is -1.08. The van der Waals surface area contributed by atoms with Crippen molar-refractivity contribution >= 4 is 29.5 Å². The molecule has 14 heteroatoms.